The number of amides is 1. The minimum Gasteiger partial charge on any atom is -0.463 e. The van der Waals surface area contributed by atoms with E-state index in [2.05, 4.69) is 9.98 Å². The van der Waals surface area contributed by atoms with Crippen LogP contribution in [0.5, 0.6) is 0 Å². The maximum atomic E-state index is 13.6. The van der Waals surface area contributed by atoms with Crippen molar-refractivity contribution in [3.8, 4) is 0 Å². The molecule has 0 radical (unpaired) electrons. The largest absolute Gasteiger partial charge is 0.463 e. The lowest BCUT2D eigenvalue weighted by Gasteiger charge is -2.44. The number of carbonyl (C=O) groups is 5. The summed E-state index contributed by atoms with van der Waals surface area (Å²) in [5, 5.41) is 0.152. The standard InChI is InChI=1S/C29H29N3O10S/c1-16(33)38-15-23-24(39-17(2)34)25(40-18(3)35)26(41-19(4)36)28(42-23)43-29-31-22(14-20-10-8-9-13-30-20)27(37)32(29)21-11-6-5-7-12-21/h5-14,23-26,28H,15H2,1-4H3/b22-14+/t23-,24-,25+,26-,28+/m1/s1. The number of aliphatic imine (C=N–C) groups is 1. The molecule has 2 aliphatic heterocycles. The van der Waals surface area contributed by atoms with Crippen LogP contribution in [0.2, 0.25) is 0 Å². The number of rotatable bonds is 8. The number of pyridine rings is 1. The molecule has 2 aliphatic rings. The minimum absolute atomic E-state index is 0.0793. The van der Waals surface area contributed by atoms with Crippen molar-refractivity contribution in [2.45, 2.75) is 57.5 Å². The Morgan fingerprint density at radius 1 is 0.860 bits per heavy atom. The number of hydrogen-bond acceptors (Lipinski definition) is 13. The van der Waals surface area contributed by atoms with Crippen LogP contribution in [-0.2, 0) is 47.7 Å². The molecule has 0 unspecified atom stereocenters. The lowest BCUT2D eigenvalue weighted by atomic mass is 9.99. The van der Waals surface area contributed by atoms with E-state index in [4.69, 9.17) is 23.7 Å². The second-order valence-electron chi connectivity index (χ2n) is 9.34. The molecular formula is C29H29N3O10S. The summed E-state index contributed by atoms with van der Waals surface area (Å²) in [6.45, 7) is 4.24. The van der Waals surface area contributed by atoms with Crippen molar-refractivity contribution >= 4 is 58.5 Å². The molecule has 0 N–H and O–H groups in total. The van der Waals surface area contributed by atoms with E-state index < -0.39 is 59.6 Å². The molecule has 1 saturated heterocycles. The molecule has 13 nitrogen and oxygen atoms in total. The van der Waals surface area contributed by atoms with E-state index in [1.807, 2.05) is 0 Å². The van der Waals surface area contributed by atoms with Gasteiger partial charge in [-0.25, -0.2) is 4.99 Å². The normalized spacial score (nSPS) is 24.2. The number of carbonyl (C=O) groups excluding carboxylic acids is 5. The molecule has 1 aromatic heterocycles. The van der Waals surface area contributed by atoms with Gasteiger partial charge in [0.15, 0.2) is 28.9 Å². The highest BCUT2D eigenvalue weighted by Gasteiger charge is 2.53. The highest BCUT2D eigenvalue weighted by molar-refractivity contribution is 8.14. The van der Waals surface area contributed by atoms with E-state index in [0.29, 0.717) is 11.4 Å². The van der Waals surface area contributed by atoms with Gasteiger partial charge < -0.3 is 23.7 Å². The number of ether oxygens (including phenoxy) is 5. The van der Waals surface area contributed by atoms with Gasteiger partial charge in [-0.1, -0.05) is 36.0 Å². The average molecular weight is 612 g/mol. The van der Waals surface area contributed by atoms with Crippen LogP contribution in [0.1, 0.15) is 33.4 Å². The summed E-state index contributed by atoms with van der Waals surface area (Å²) < 4.78 is 27.9. The summed E-state index contributed by atoms with van der Waals surface area (Å²) in [6.07, 6.45) is -2.03. The quantitative estimate of drug-likeness (QED) is 0.244. The van der Waals surface area contributed by atoms with Gasteiger partial charge in [0, 0.05) is 33.9 Å². The molecule has 5 atom stereocenters. The first-order valence-electron chi connectivity index (χ1n) is 13.1. The molecule has 14 heteroatoms. The Balaban J connectivity index is 1.78. The number of anilines is 1. The third-order valence-electron chi connectivity index (χ3n) is 5.99. The lowest BCUT2D eigenvalue weighted by Crippen LogP contribution is -2.61. The molecule has 226 valence electrons. The first kappa shape index (κ1) is 31.4. The zero-order chi connectivity index (χ0) is 31.1. The van der Waals surface area contributed by atoms with Crippen molar-refractivity contribution in [3.05, 3.63) is 66.1 Å². The molecular weight excluding hydrogens is 582 g/mol. The van der Waals surface area contributed by atoms with Gasteiger partial charge in [0.25, 0.3) is 5.91 Å². The minimum atomic E-state index is -1.36. The summed E-state index contributed by atoms with van der Waals surface area (Å²) in [7, 11) is 0. The molecule has 3 heterocycles. The van der Waals surface area contributed by atoms with Crippen molar-refractivity contribution in [1.29, 1.82) is 0 Å². The van der Waals surface area contributed by atoms with Gasteiger partial charge in [-0.3, -0.25) is 33.9 Å². The van der Waals surface area contributed by atoms with Crippen LogP contribution in [0.3, 0.4) is 0 Å². The molecule has 4 rings (SSSR count). The zero-order valence-corrected chi connectivity index (χ0v) is 24.5. The predicted molar refractivity (Wildman–Crippen MR) is 153 cm³/mol. The van der Waals surface area contributed by atoms with Gasteiger partial charge in [0.1, 0.15) is 18.4 Å². The number of aromatic nitrogens is 1. The highest BCUT2D eigenvalue weighted by Crippen LogP contribution is 2.38. The Labute approximate surface area is 251 Å². The Bertz CT molecular complexity index is 1430. The van der Waals surface area contributed by atoms with Crippen LogP contribution >= 0.6 is 11.8 Å². The van der Waals surface area contributed by atoms with Crippen LogP contribution in [0.4, 0.5) is 5.69 Å². The summed E-state index contributed by atoms with van der Waals surface area (Å²) >= 11 is 0.911. The van der Waals surface area contributed by atoms with Crippen LogP contribution in [0, 0.1) is 0 Å². The molecule has 1 amide bonds. The fourth-order valence-corrected chi connectivity index (χ4v) is 5.56. The molecule has 0 aliphatic carbocycles. The monoisotopic (exact) mass is 611 g/mol. The van der Waals surface area contributed by atoms with E-state index in [1.165, 1.54) is 17.9 Å². The third-order valence-corrected chi connectivity index (χ3v) is 7.08. The number of benzene rings is 1. The number of hydrogen-bond donors (Lipinski definition) is 0. The molecule has 2 aromatic rings. The van der Waals surface area contributed by atoms with Crippen molar-refractivity contribution in [2.75, 3.05) is 11.5 Å². The van der Waals surface area contributed by atoms with E-state index in [-0.39, 0.29) is 17.5 Å². The van der Waals surface area contributed by atoms with Crippen molar-refractivity contribution in [2.24, 2.45) is 4.99 Å². The topological polar surface area (TPSA) is 160 Å². The summed E-state index contributed by atoms with van der Waals surface area (Å²) in [6, 6.07) is 13.9. The van der Waals surface area contributed by atoms with Gasteiger partial charge in [0.05, 0.1) is 11.4 Å². The molecule has 0 spiro atoms. The van der Waals surface area contributed by atoms with Crippen LogP contribution < -0.4 is 4.90 Å². The number of esters is 4. The second-order valence-corrected chi connectivity index (χ2v) is 10.4. The maximum Gasteiger partial charge on any atom is 0.303 e. The Morgan fingerprint density at radius 2 is 1.49 bits per heavy atom. The SMILES string of the molecule is CC(=O)OC[C@H]1O[C@@H](SC2=N/C(=C/c3ccccn3)C(=O)N2c2ccccc2)[C@H](OC(C)=O)[C@@H](OC(C)=O)[C@@H]1OC(C)=O. The molecule has 1 fully saturated rings. The van der Waals surface area contributed by atoms with Crippen molar-refractivity contribution in [1.82, 2.24) is 4.98 Å². The van der Waals surface area contributed by atoms with Crippen molar-refractivity contribution in [3.63, 3.8) is 0 Å². The lowest BCUT2D eigenvalue weighted by molar-refractivity contribution is -0.237. The number of para-hydroxylation sites is 1. The van der Waals surface area contributed by atoms with Crippen LogP contribution in [-0.4, -0.2) is 76.4 Å². The van der Waals surface area contributed by atoms with E-state index in [0.717, 1.165) is 32.5 Å². The number of nitrogens with zero attached hydrogens (tertiary/aromatic N) is 3. The fraction of sp³-hybridized carbons (Fsp3) is 0.345. The van der Waals surface area contributed by atoms with Gasteiger partial charge in [-0.2, -0.15) is 0 Å². The van der Waals surface area contributed by atoms with Gasteiger partial charge in [0.2, 0.25) is 0 Å². The molecule has 43 heavy (non-hydrogen) atoms. The highest BCUT2D eigenvalue weighted by atomic mass is 32.2. The van der Waals surface area contributed by atoms with E-state index >= 15 is 0 Å². The van der Waals surface area contributed by atoms with E-state index in [1.54, 1.807) is 54.7 Å². The smallest absolute Gasteiger partial charge is 0.303 e. The maximum absolute atomic E-state index is 13.6. The van der Waals surface area contributed by atoms with Gasteiger partial charge in [-0.05, 0) is 30.3 Å². The summed E-state index contributed by atoms with van der Waals surface area (Å²) in [5.41, 5.74) is -0.0989. The fourth-order valence-electron chi connectivity index (χ4n) is 4.37. The summed E-state index contributed by atoms with van der Waals surface area (Å²) in [5.74, 6) is -3.32. The Hall–Kier alpha value is -4.56. The second kappa shape index (κ2) is 14.1. The predicted octanol–water partition coefficient (Wildman–Crippen LogP) is 2.64. The molecule has 1 aromatic carbocycles. The first-order valence-corrected chi connectivity index (χ1v) is 14.0. The van der Waals surface area contributed by atoms with Crippen LogP contribution in [0.25, 0.3) is 6.08 Å². The zero-order valence-electron chi connectivity index (χ0n) is 23.7. The number of amidine groups is 1. The Morgan fingerprint density at radius 3 is 2.09 bits per heavy atom. The van der Waals surface area contributed by atoms with Gasteiger partial charge in [-0.15, -0.1) is 0 Å². The first-order chi connectivity index (χ1) is 20.5. The van der Waals surface area contributed by atoms with Crippen LogP contribution in [0.15, 0.2) is 65.4 Å². The Kier molecular flexibility index (Phi) is 10.3. The average Bonchev–Trinajstić information content (AvgIpc) is 3.25. The molecule has 0 saturated carbocycles. The van der Waals surface area contributed by atoms with Crippen molar-refractivity contribution < 1.29 is 47.7 Å². The van der Waals surface area contributed by atoms with Gasteiger partial charge >= 0.3 is 23.9 Å². The summed E-state index contributed by atoms with van der Waals surface area (Å²) in [4.78, 5) is 71.9. The number of thioether (sulfide) groups is 1. The third kappa shape index (κ3) is 8.05. The van der Waals surface area contributed by atoms with E-state index in [9.17, 15) is 24.0 Å². The molecule has 0 bridgehead atoms.